The second-order valence-corrected chi connectivity index (χ2v) is 5.22. The second-order valence-electron chi connectivity index (χ2n) is 4.81. The van der Waals surface area contributed by atoms with Gasteiger partial charge in [0.1, 0.15) is 0 Å². The van der Waals surface area contributed by atoms with Crippen LogP contribution in [0.4, 0.5) is 0 Å². The summed E-state index contributed by atoms with van der Waals surface area (Å²) in [5.41, 5.74) is 2.16. The molecule has 1 unspecified atom stereocenters. The third kappa shape index (κ3) is 3.74. The molecule has 0 bridgehead atoms. The highest BCUT2D eigenvalue weighted by Crippen LogP contribution is 2.30. The van der Waals surface area contributed by atoms with E-state index in [1.165, 1.54) is 5.56 Å². The summed E-state index contributed by atoms with van der Waals surface area (Å²) in [6.07, 6.45) is 2.67. The lowest BCUT2D eigenvalue weighted by Crippen LogP contribution is -2.12. The van der Waals surface area contributed by atoms with Crippen LogP contribution in [0.15, 0.2) is 18.2 Å². The molecule has 2 nitrogen and oxygen atoms in total. The molecule has 0 amide bonds. The minimum Gasteiger partial charge on any atom is -0.481 e. The summed E-state index contributed by atoms with van der Waals surface area (Å²) in [4.78, 5) is 10.8. The van der Waals surface area contributed by atoms with Crippen molar-refractivity contribution in [2.75, 3.05) is 0 Å². The lowest BCUT2D eigenvalue weighted by Gasteiger charge is -2.16. The SMILES string of the molecule is CCC(CC)c1ccc(CC(C)C(=O)O)cc1Cl. The molecular weight excluding hydrogens is 248 g/mol. The Balaban J connectivity index is 2.88. The van der Waals surface area contributed by atoms with E-state index in [1.807, 2.05) is 18.2 Å². The van der Waals surface area contributed by atoms with Gasteiger partial charge in [-0.25, -0.2) is 0 Å². The molecule has 0 radical (unpaired) electrons. The molecule has 0 spiro atoms. The third-order valence-corrected chi connectivity index (χ3v) is 3.78. The minimum absolute atomic E-state index is 0.375. The van der Waals surface area contributed by atoms with Crippen LogP contribution in [-0.4, -0.2) is 11.1 Å². The largest absolute Gasteiger partial charge is 0.481 e. The normalized spacial score (nSPS) is 12.7. The molecule has 3 heteroatoms. The van der Waals surface area contributed by atoms with Crippen LogP contribution in [0, 0.1) is 5.92 Å². The summed E-state index contributed by atoms with van der Waals surface area (Å²) >= 11 is 6.30. The van der Waals surface area contributed by atoms with Crippen molar-refractivity contribution >= 4 is 17.6 Å². The van der Waals surface area contributed by atoms with E-state index in [0.717, 1.165) is 23.4 Å². The summed E-state index contributed by atoms with van der Waals surface area (Å²) in [5.74, 6) is -0.654. The number of aliphatic carboxylic acids is 1. The molecule has 100 valence electrons. The number of rotatable bonds is 6. The van der Waals surface area contributed by atoms with Crippen molar-refractivity contribution < 1.29 is 9.90 Å². The van der Waals surface area contributed by atoms with E-state index in [9.17, 15) is 4.79 Å². The molecule has 1 N–H and O–H groups in total. The van der Waals surface area contributed by atoms with Crippen molar-refractivity contribution in [3.05, 3.63) is 34.3 Å². The van der Waals surface area contributed by atoms with E-state index in [1.54, 1.807) is 6.92 Å². The maximum Gasteiger partial charge on any atom is 0.306 e. The minimum atomic E-state index is -0.768. The Morgan fingerprint density at radius 3 is 2.39 bits per heavy atom. The predicted octanol–water partition coefficient (Wildman–Crippen LogP) is 4.51. The molecule has 0 aromatic heterocycles. The van der Waals surface area contributed by atoms with E-state index < -0.39 is 5.97 Å². The van der Waals surface area contributed by atoms with Gasteiger partial charge >= 0.3 is 5.97 Å². The topological polar surface area (TPSA) is 37.3 Å². The van der Waals surface area contributed by atoms with Gasteiger partial charge in [0.15, 0.2) is 0 Å². The maximum atomic E-state index is 10.8. The molecule has 18 heavy (non-hydrogen) atoms. The lowest BCUT2D eigenvalue weighted by atomic mass is 9.92. The van der Waals surface area contributed by atoms with E-state index in [4.69, 9.17) is 16.7 Å². The lowest BCUT2D eigenvalue weighted by molar-refractivity contribution is -0.141. The van der Waals surface area contributed by atoms with E-state index in [-0.39, 0.29) is 5.92 Å². The van der Waals surface area contributed by atoms with Crippen LogP contribution < -0.4 is 0 Å². The Morgan fingerprint density at radius 1 is 1.33 bits per heavy atom. The Hall–Kier alpha value is -1.02. The van der Waals surface area contributed by atoms with Gasteiger partial charge in [0.25, 0.3) is 0 Å². The highest BCUT2D eigenvalue weighted by Gasteiger charge is 2.14. The fraction of sp³-hybridized carbons (Fsp3) is 0.533. The quantitative estimate of drug-likeness (QED) is 0.824. The maximum absolute atomic E-state index is 10.8. The molecule has 0 saturated carbocycles. The third-order valence-electron chi connectivity index (χ3n) is 3.45. The molecule has 1 aromatic carbocycles. The van der Waals surface area contributed by atoms with E-state index in [0.29, 0.717) is 12.3 Å². The van der Waals surface area contributed by atoms with Gasteiger partial charge in [-0.1, -0.05) is 44.5 Å². The average molecular weight is 269 g/mol. The van der Waals surface area contributed by atoms with Crippen LogP contribution in [0.2, 0.25) is 5.02 Å². The van der Waals surface area contributed by atoms with Crippen molar-refractivity contribution in [3.63, 3.8) is 0 Å². The molecule has 0 fully saturated rings. The van der Waals surface area contributed by atoms with Crippen LogP contribution in [0.1, 0.15) is 50.7 Å². The van der Waals surface area contributed by atoms with E-state index >= 15 is 0 Å². The van der Waals surface area contributed by atoms with Crippen LogP contribution >= 0.6 is 11.6 Å². The average Bonchev–Trinajstić information content (AvgIpc) is 2.33. The molecule has 0 heterocycles. The molecule has 1 aromatic rings. The molecule has 0 aliphatic rings. The number of benzene rings is 1. The van der Waals surface area contributed by atoms with Gasteiger partial charge in [0.2, 0.25) is 0 Å². The monoisotopic (exact) mass is 268 g/mol. The first-order valence-electron chi connectivity index (χ1n) is 6.50. The van der Waals surface area contributed by atoms with Crippen LogP contribution in [-0.2, 0) is 11.2 Å². The zero-order valence-corrected chi connectivity index (χ0v) is 12.0. The van der Waals surface area contributed by atoms with Crippen LogP contribution in [0.25, 0.3) is 0 Å². The number of halogens is 1. The number of hydrogen-bond acceptors (Lipinski definition) is 1. The van der Waals surface area contributed by atoms with Crippen molar-refractivity contribution in [2.45, 2.75) is 46.0 Å². The smallest absolute Gasteiger partial charge is 0.306 e. The van der Waals surface area contributed by atoms with Gasteiger partial charge in [-0.2, -0.15) is 0 Å². The molecule has 0 aliphatic heterocycles. The van der Waals surface area contributed by atoms with Gasteiger partial charge in [-0.3, -0.25) is 4.79 Å². The number of carboxylic acids is 1. The van der Waals surface area contributed by atoms with Crippen molar-refractivity contribution in [1.82, 2.24) is 0 Å². The first-order chi connectivity index (χ1) is 8.49. The van der Waals surface area contributed by atoms with Crippen LogP contribution in [0.5, 0.6) is 0 Å². The fourth-order valence-corrected chi connectivity index (χ4v) is 2.56. The second kappa shape index (κ2) is 6.79. The summed E-state index contributed by atoms with van der Waals surface area (Å²) in [6, 6.07) is 5.96. The summed E-state index contributed by atoms with van der Waals surface area (Å²) < 4.78 is 0. The first-order valence-corrected chi connectivity index (χ1v) is 6.88. The van der Waals surface area contributed by atoms with Gasteiger partial charge in [0.05, 0.1) is 5.92 Å². The van der Waals surface area contributed by atoms with E-state index in [2.05, 4.69) is 13.8 Å². The summed E-state index contributed by atoms with van der Waals surface area (Å²) in [6.45, 7) is 6.03. The number of hydrogen-bond donors (Lipinski definition) is 1. The zero-order valence-electron chi connectivity index (χ0n) is 11.2. The molecule has 0 aliphatic carbocycles. The Morgan fingerprint density at radius 2 is 1.94 bits per heavy atom. The molecular formula is C15H21ClO2. The Kier molecular flexibility index (Phi) is 5.67. The highest BCUT2D eigenvalue weighted by atomic mass is 35.5. The molecule has 0 saturated heterocycles. The van der Waals surface area contributed by atoms with Gasteiger partial charge in [-0.05, 0) is 42.4 Å². The van der Waals surface area contributed by atoms with Gasteiger partial charge in [0, 0.05) is 5.02 Å². The highest BCUT2D eigenvalue weighted by molar-refractivity contribution is 6.31. The number of carbonyl (C=O) groups is 1. The Labute approximate surface area is 114 Å². The van der Waals surface area contributed by atoms with Gasteiger partial charge in [-0.15, -0.1) is 0 Å². The predicted molar refractivity (Wildman–Crippen MR) is 75.3 cm³/mol. The standard InChI is InChI=1S/C15H21ClO2/c1-4-12(5-2)13-7-6-11(9-14(13)16)8-10(3)15(17)18/h6-7,9-10,12H,4-5,8H2,1-3H3,(H,17,18). The summed E-state index contributed by atoms with van der Waals surface area (Å²) in [7, 11) is 0. The van der Waals surface area contributed by atoms with Gasteiger partial charge < -0.3 is 5.11 Å². The van der Waals surface area contributed by atoms with Crippen molar-refractivity contribution in [2.24, 2.45) is 5.92 Å². The molecule has 1 rings (SSSR count). The fourth-order valence-electron chi connectivity index (χ4n) is 2.20. The zero-order chi connectivity index (χ0) is 13.7. The first kappa shape index (κ1) is 15.0. The van der Waals surface area contributed by atoms with Crippen molar-refractivity contribution in [3.8, 4) is 0 Å². The van der Waals surface area contributed by atoms with Crippen LogP contribution in [0.3, 0.4) is 0 Å². The Bertz CT molecular complexity index is 411. The summed E-state index contributed by atoms with van der Waals surface area (Å²) in [5, 5.41) is 9.66. The number of carboxylic acid groups (broad SMARTS) is 1. The molecule has 1 atom stereocenters. The van der Waals surface area contributed by atoms with Crippen molar-refractivity contribution in [1.29, 1.82) is 0 Å².